The summed E-state index contributed by atoms with van der Waals surface area (Å²) in [5.74, 6) is -0.845. The van der Waals surface area contributed by atoms with Gasteiger partial charge < -0.3 is 15.0 Å². The molecule has 0 spiro atoms. The number of carbonyl (C=O) groups is 2. The lowest BCUT2D eigenvalue weighted by atomic mass is 10.1. The van der Waals surface area contributed by atoms with Crippen molar-refractivity contribution in [2.45, 2.75) is 26.3 Å². The second-order valence-electron chi connectivity index (χ2n) is 6.21. The van der Waals surface area contributed by atoms with Gasteiger partial charge in [-0.15, -0.1) is 0 Å². The number of hydrogen-bond donors (Lipinski definition) is 2. The van der Waals surface area contributed by atoms with E-state index < -0.39 is 5.97 Å². The Morgan fingerprint density at radius 2 is 1.85 bits per heavy atom. The zero-order valence-corrected chi connectivity index (χ0v) is 14.9. The molecule has 0 aliphatic heterocycles. The van der Waals surface area contributed by atoms with E-state index >= 15 is 0 Å². The van der Waals surface area contributed by atoms with Gasteiger partial charge in [0.2, 0.25) is 0 Å². The molecule has 1 amide bonds. The lowest BCUT2D eigenvalue weighted by molar-refractivity contribution is -0.124. The van der Waals surface area contributed by atoms with E-state index in [0.717, 1.165) is 22.9 Å². The van der Waals surface area contributed by atoms with Gasteiger partial charge in [-0.1, -0.05) is 49.4 Å². The summed E-state index contributed by atoms with van der Waals surface area (Å²) in [5.41, 5.74) is 3.54. The van der Waals surface area contributed by atoms with E-state index in [1.807, 2.05) is 43.3 Å². The maximum absolute atomic E-state index is 12.2. The van der Waals surface area contributed by atoms with Crippen molar-refractivity contribution in [2.24, 2.45) is 0 Å². The molecule has 1 heterocycles. The summed E-state index contributed by atoms with van der Waals surface area (Å²) in [6.45, 7) is 3.69. The number of ether oxygens (including phenoxy) is 1. The minimum atomic E-state index is -0.516. The van der Waals surface area contributed by atoms with Gasteiger partial charge in [-0.2, -0.15) is 0 Å². The van der Waals surface area contributed by atoms with Gasteiger partial charge in [-0.3, -0.25) is 4.79 Å². The zero-order chi connectivity index (χ0) is 18.5. The molecule has 2 aromatic carbocycles. The molecule has 0 radical (unpaired) electrons. The minimum Gasteiger partial charge on any atom is -0.452 e. The number of para-hydroxylation sites is 1. The Labute approximate surface area is 152 Å². The van der Waals surface area contributed by atoms with Crippen molar-refractivity contribution in [1.29, 1.82) is 0 Å². The van der Waals surface area contributed by atoms with E-state index in [2.05, 4.69) is 29.4 Å². The number of aromatic amines is 1. The standard InChI is InChI=1S/C21H22N2O3/c1-3-15-8-10-16(11-9-15)14(2)23-20(24)13-26-21(25)18-12-22-19-7-5-4-6-17(18)19/h4-12,14,22H,3,13H2,1-2H3,(H,23,24)/t14-/m0/s1. The Hall–Kier alpha value is -3.08. The fourth-order valence-corrected chi connectivity index (χ4v) is 2.86. The van der Waals surface area contributed by atoms with Gasteiger partial charge in [-0.05, 0) is 30.5 Å². The number of hydrogen-bond acceptors (Lipinski definition) is 3. The summed E-state index contributed by atoms with van der Waals surface area (Å²) >= 11 is 0. The predicted octanol–water partition coefficient (Wildman–Crippen LogP) is 3.76. The number of aromatic nitrogens is 1. The molecule has 0 saturated carbocycles. The van der Waals surface area contributed by atoms with Crippen LogP contribution in [0.5, 0.6) is 0 Å². The molecular weight excluding hydrogens is 328 g/mol. The molecule has 2 N–H and O–H groups in total. The summed E-state index contributed by atoms with van der Waals surface area (Å²) in [6, 6.07) is 15.4. The lowest BCUT2D eigenvalue weighted by Crippen LogP contribution is -2.31. The van der Waals surface area contributed by atoms with Crippen LogP contribution in [0, 0.1) is 0 Å². The third-order valence-electron chi connectivity index (χ3n) is 4.41. The Morgan fingerprint density at radius 1 is 1.12 bits per heavy atom. The van der Waals surface area contributed by atoms with Crippen LogP contribution < -0.4 is 5.32 Å². The molecule has 5 heteroatoms. The molecule has 134 valence electrons. The topological polar surface area (TPSA) is 71.2 Å². The highest BCUT2D eigenvalue weighted by Gasteiger charge is 2.16. The first kappa shape index (κ1) is 17.7. The quantitative estimate of drug-likeness (QED) is 0.665. The first-order valence-corrected chi connectivity index (χ1v) is 8.70. The van der Waals surface area contributed by atoms with Crippen LogP contribution in [0.1, 0.15) is 41.4 Å². The summed E-state index contributed by atoms with van der Waals surface area (Å²) in [7, 11) is 0. The van der Waals surface area contributed by atoms with Crippen LogP contribution in [-0.4, -0.2) is 23.5 Å². The molecule has 0 unspecified atom stereocenters. The first-order chi connectivity index (χ1) is 12.6. The van der Waals surface area contributed by atoms with Gasteiger partial charge in [0.25, 0.3) is 5.91 Å². The first-order valence-electron chi connectivity index (χ1n) is 8.70. The van der Waals surface area contributed by atoms with Crippen LogP contribution >= 0.6 is 0 Å². The largest absolute Gasteiger partial charge is 0.452 e. The highest BCUT2D eigenvalue weighted by molar-refractivity contribution is 6.04. The van der Waals surface area contributed by atoms with Crippen molar-refractivity contribution in [3.05, 3.63) is 71.4 Å². The van der Waals surface area contributed by atoms with Crippen molar-refractivity contribution in [2.75, 3.05) is 6.61 Å². The van der Waals surface area contributed by atoms with E-state index in [1.165, 1.54) is 5.56 Å². The summed E-state index contributed by atoms with van der Waals surface area (Å²) in [6.07, 6.45) is 2.58. The Kier molecular flexibility index (Phi) is 5.37. The van der Waals surface area contributed by atoms with Crippen molar-refractivity contribution in [3.8, 4) is 0 Å². The van der Waals surface area contributed by atoms with Crippen molar-refractivity contribution < 1.29 is 14.3 Å². The minimum absolute atomic E-state index is 0.153. The van der Waals surface area contributed by atoms with Crippen LogP contribution in [0.4, 0.5) is 0 Å². The van der Waals surface area contributed by atoms with Crippen LogP contribution in [0.15, 0.2) is 54.7 Å². The summed E-state index contributed by atoms with van der Waals surface area (Å²) < 4.78 is 5.16. The smallest absolute Gasteiger partial charge is 0.340 e. The van der Waals surface area contributed by atoms with Crippen LogP contribution in [0.2, 0.25) is 0 Å². The molecule has 5 nitrogen and oxygen atoms in total. The number of carbonyl (C=O) groups excluding carboxylic acids is 2. The summed E-state index contributed by atoms with van der Waals surface area (Å²) in [5, 5.41) is 3.63. The number of H-pyrrole nitrogens is 1. The van der Waals surface area contributed by atoms with Crippen LogP contribution in [0.3, 0.4) is 0 Å². The number of aryl methyl sites for hydroxylation is 1. The Morgan fingerprint density at radius 3 is 2.58 bits per heavy atom. The van der Waals surface area contributed by atoms with Gasteiger partial charge in [-0.25, -0.2) is 4.79 Å². The second kappa shape index (κ2) is 7.87. The molecule has 26 heavy (non-hydrogen) atoms. The number of amides is 1. The molecule has 1 atom stereocenters. The number of rotatable bonds is 6. The average Bonchev–Trinajstić information content (AvgIpc) is 3.10. The maximum atomic E-state index is 12.2. The zero-order valence-electron chi connectivity index (χ0n) is 14.9. The molecule has 1 aromatic heterocycles. The van der Waals surface area contributed by atoms with Crippen molar-refractivity contribution >= 4 is 22.8 Å². The fraction of sp³-hybridized carbons (Fsp3) is 0.238. The van der Waals surface area contributed by atoms with E-state index in [-0.39, 0.29) is 18.6 Å². The molecule has 3 rings (SSSR count). The van der Waals surface area contributed by atoms with Gasteiger partial charge in [0.15, 0.2) is 6.61 Å². The van der Waals surface area contributed by atoms with Gasteiger partial charge in [0, 0.05) is 17.1 Å². The highest BCUT2D eigenvalue weighted by Crippen LogP contribution is 2.18. The van der Waals surface area contributed by atoms with Crippen LogP contribution in [-0.2, 0) is 16.0 Å². The number of esters is 1. The van der Waals surface area contributed by atoms with Gasteiger partial charge in [0.1, 0.15) is 0 Å². The number of nitrogens with one attached hydrogen (secondary N) is 2. The third-order valence-corrected chi connectivity index (χ3v) is 4.41. The summed E-state index contributed by atoms with van der Waals surface area (Å²) in [4.78, 5) is 27.3. The normalized spacial score (nSPS) is 11.9. The number of fused-ring (bicyclic) bond motifs is 1. The second-order valence-corrected chi connectivity index (χ2v) is 6.21. The molecule has 0 bridgehead atoms. The van der Waals surface area contributed by atoms with E-state index in [9.17, 15) is 9.59 Å². The van der Waals surface area contributed by atoms with E-state index in [0.29, 0.717) is 5.56 Å². The van der Waals surface area contributed by atoms with Gasteiger partial charge in [0.05, 0.1) is 11.6 Å². The SMILES string of the molecule is CCc1ccc([C@H](C)NC(=O)COC(=O)c2c[nH]c3ccccc23)cc1. The highest BCUT2D eigenvalue weighted by atomic mass is 16.5. The molecule has 0 saturated heterocycles. The maximum Gasteiger partial charge on any atom is 0.340 e. The van der Waals surface area contributed by atoms with Gasteiger partial charge >= 0.3 is 5.97 Å². The lowest BCUT2D eigenvalue weighted by Gasteiger charge is -2.15. The van der Waals surface area contributed by atoms with Crippen molar-refractivity contribution in [3.63, 3.8) is 0 Å². The molecular formula is C21H22N2O3. The van der Waals surface area contributed by atoms with Crippen molar-refractivity contribution in [1.82, 2.24) is 10.3 Å². The Balaban J connectivity index is 1.55. The number of benzene rings is 2. The fourth-order valence-electron chi connectivity index (χ4n) is 2.86. The molecule has 3 aromatic rings. The molecule has 0 aliphatic carbocycles. The average molecular weight is 350 g/mol. The molecule has 0 aliphatic rings. The monoisotopic (exact) mass is 350 g/mol. The van der Waals surface area contributed by atoms with Crippen LogP contribution in [0.25, 0.3) is 10.9 Å². The predicted molar refractivity (Wildman–Crippen MR) is 101 cm³/mol. The Bertz CT molecular complexity index is 912. The third kappa shape index (κ3) is 3.94. The molecule has 0 fully saturated rings. The van der Waals surface area contributed by atoms with E-state index in [1.54, 1.807) is 6.20 Å². The van der Waals surface area contributed by atoms with E-state index in [4.69, 9.17) is 4.74 Å².